The Kier molecular flexibility index (Phi) is 5.25. The molecule has 1 aliphatic carbocycles. The second-order valence-corrected chi connectivity index (χ2v) is 4.97. The van der Waals surface area contributed by atoms with Gasteiger partial charge in [-0.25, -0.2) is 0 Å². The zero-order valence-corrected chi connectivity index (χ0v) is 10.6. The van der Waals surface area contributed by atoms with Crippen molar-refractivity contribution in [1.29, 1.82) is 0 Å². The largest absolute Gasteiger partial charge is 0.411 e. The Bertz CT molecular complexity index is 222. The highest BCUT2D eigenvalue weighted by atomic mass is 19.4. The zero-order chi connectivity index (χ0) is 12.9. The summed E-state index contributed by atoms with van der Waals surface area (Å²) < 4.78 is 40.9. The van der Waals surface area contributed by atoms with Gasteiger partial charge in [0.15, 0.2) is 0 Å². The molecule has 0 aromatic heterocycles. The fourth-order valence-corrected chi connectivity index (χ4v) is 1.79. The van der Waals surface area contributed by atoms with E-state index in [0.29, 0.717) is 6.04 Å². The molecule has 1 saturated carbocycles. The molecule has 1 N–H and O–H groups in total. The summed E-state index contributed by atoms with van der Waals surface area (Å²) in [4.78, 5) is 0. The Hall–Kier alpha value is -0.290. The standard InChI is InChI=1S/C12H22F3NO/c1-3-11(4-2,7-16-10-5-6-10)8-17-9-12(13,14)15/h10,16H,3-9H2,1-2H3. The first-order chi connectivity index (χ1) is 7.91. The SMILES string of the molecule is CCC(CC)(CNC1CC1)COCC(F)(F)F. The lowest BCUT2D eigenvalue weighted by Crippen LogP contribution is -2.39. The summed E-state index contributed by atoms with van der Waals surface area (Å²) in [5.41, 5.74) is -0.159. The van der Waals surface area contributed by atoms with Gasteiger partial charge in [-0.05, 0) is 25.7 Å². The maximum atomic E-state index is 12.0. The fraction of sp³-hybridized carbons (Fsp3) is 1.00. The topological polar surface area (TPSA) is 21.3 Å². The van der Waals surface area contributed by atoms with Crippen molar-refractivity contribution in [3.8, 4) is 0 Å². The molecule has 1 fully saturated rings. The maximum Gasteiger partial charge on any atom is 0.411 e. The van der Waals surface area contributed by atoms with Gasteiger partial charge in [-0.2, -0.15) is 13.2 Å². The Morgan fingerprint density at radius 3 is 2.12 bits per heavy atom. The molecule has 0 saturated heterocycles. The highest BCUT2D eigenvalue weighted by Crippen LogP contribution is 2.29. The van der Waals surface area contributed by atoms with E-state index in [2.05, 4.69) is 5.32 Å². The van der Waals surface area contributed by atoms with Crippen LogP contribution in [0.2, 0.25) is 0 Å². The van der Waals surface area contributed by atoms with Crippen LogP contribution in [0.1, 0.15) is 39.5 Å². The molecular formula is C12H22F3NO. The molecular weight excluding hydrogens is 231 g/mol. The third-order valence-electron chi connectivity index (χ3n) is 3.52. The average molecular weight is 253 g/mol. The van der Waals surface area contributed by atoms with Crippen molar-refractivity contribution in [3.05, 3.63) is 0 Å². The van der Waals surface area contributed by atoms with Crippen LogP contribution < -0.4 is 5.32 Å². The summed E-state index contributed by atoms with van der Waals surface area (Å²) in [5.74, 6) is 0. The molecule has 1 aliphatic rings. The Balaban J connectivity index is 2.33. The average Bonchev–Trinajstić information content (AvgIpc) is 3.06. The lowest BCUT2D eigenvalue weighted by Gasteiger charge is -2.32. The highest BCUT2D eigenvalue weighted by molar-refractivity contribution is 4.86. The summed E-state index contributed by atoms with van der Waals surface area (Å²) in [6.07, 6.45) is -0.181. The van der Waals surface area contributed by atoms with Crippen molar-refractivity contribution in [2.45, 2.75) is 51.7 Å². The minimum absolute atomic E-state index is 0.159. The van der Waals surface area contributed by atoms with Gasteiger partial charge in [-0.15, -0.1) is 0 Å². The summed E-state index contributed by atoms with van der Waals surface area (Å²) >= 11 is 0. The molecule has 0 heterocycles. The van der Waals surface area contributed by atoms with E-state index in [1.807, 2.05) is 13.8 Å². The maximum absolute atomic E-state index is 12.0. The van der Waals surface area contributed by atoms with Crippen molar-refractivity contribution >= 4 is 0 Å². The Morgan fingerprint density at radius 1 is 1.12 bits per heavy atom. The van der Waals surface area contributed by atoms with Crippen LogP contribution in [0.15, 0.2) is 0 Å². The Morgan fingerprint density at radius 2 is 1.71 bits per heavy atom. The van der Waals surface area contributed by atoms with E-state index in [1.54, 1.807) is 0 Å². The van der Waals surface area contributed by atoms with E-state index < -0.39 is 12.8 Å². The third kappa shape index (κ3) is 5.73. The molecule has 17 heavy (non-hydrogen) atoms. The summed E-state index contributed by atoms with van der Waals surface area (Å²) in [7, 11) is 0. The number of hydrogen-bond acceptors (Lipinski definition) is 2. The first-order valence-corrected chi connectivity index (χ1v) is 6.29. The number of hydrogen-bond donors (Lipinski definition) is 1. The number of alkyl halides is 3. The first kappa shape index (κ1) is 14.8. The molecule has 0 spiro atoms. The highest BCUT2D eigenvalue weighted by Gasteiger charge is 2.33. The van der Waals surface area contributed by atoms with Crippen LogP contribution in [0.4, 0.5) is 13.2 Å². The van der Waals surface area contributed by atoms with E-state index in [-0.39, 0.29) is 12.0 Å². The second kappa shape index (κ2) is 6.05. The summed E-state index contributed by atoms with van der Waals surface area (Å²) in [6, 6.07) is 0.579. The molecule has 0 unspecified atom stereocenters. The normalized spacial score (nSPS) is 17.5. The van der Waals surface area contributed by atoms with Crippen LogP contribution in [0.5, 0.6) is 0 Å². The molecule has 0 atom stereocenters. The number of rotatable bonds is 8. The predicted molar refractivity (Wildman–Crippen MR) is 60.9 cm³/mol. The van der Waals surface area contributed by atoms with Gasteiger partial charge in [0.2, 0.25) is 0 Å². The van der Waals surface area contributed by atoms with E-state index >= 15 is 0 Å². The fourth-order valence-electron chi connectivity index (χ4n) is 1.79. The van der Waals surface area contributed by atoms with Gasteiger partial charge in [0, 0.05) is 18.0 Å². The minimum Gasteiger partial charge on any atom is -0.371 e. The molecule has 0 radical (unpaired) electrons. The van der Waals surface area contributed by atoms with Crippen molar-refractivity contribution < 1.29 is 17.9 Å². The predicted octanol–water partition coefficient (Wildman–Crippen LogP) is 3.12. The first-order valence-electron chi connectivity index (χ1n) is 6.29. The van der Waals surface area contributed by atoms with E-state index in [0.717, 1.165) is 19.4 Å². The molecule has 0 aliphatic heterocycles. The summed E-state index contributed by atoms with van der Waals surface area (Å²) in [5, 5.41) is 3.39. The van der Waals surface area contributed by atoms with Crippen molar-refractivity contribution in [2.24, 2.45) is 5.41 Å². The molecule has 0 bridgehead atoms. The van der Waals surface area contributed by atoms with Crippen molar-refractivity contribution in [3.63, 3.8) is 0 Å². The lowest BCUT2D eigenvalue weighted by atomic mass is 9.83. The van der Waals surface area contributed by atoms with E-state index in [4.69, 9.17) is 4.74 Å². The van der Waals surface area contributed by atoms with Gasteiger partial charge in [0.25, 0.3) is 0 Å². The molecule has 0 aromatic carbocycles. The van der Waals surface area contributed by atoms with Gasteiger partial charge in [0.1, 0.15) is 6.61 Å². The van der Waals surface area contributed by atoms with Gasteiger partial charge >= 0.3 is 6.18 Å². The van der Waals surface area contributed by atoms with Crippen molar-refractivity contribution in [1.82, 2.24) is 5.32 Å². The van der Waals surface area contributed by atoms with Crippen LogP contribution >= 0.6 is 0 Å². The van der Waals surface area contributed by atoms with Crippen molar-refractivity contribution in [2.75, 3.05) is 19.8 Å². The van der Waals surface area contributed by atoms with Gasteiger partial charge in [-0.3, -0.25) is 0 Å². The smallest absolute Gasteiger partial charge is 0.371 e. The summed E-state index contributed by atoms with van der Waals surface area (Å²) in [6.45, 7) is 3.81. The van der Waals surface area contributed by atoms with Crippen LogP contribution in [-0.2, 0) is 4.74 Å². The van der Waals surface area contributed by atoms with Crippen LogP contribution in [0.25, 0.3) is 0 Å². The monoisotopic (exact) mass is 253 g/mol. The van der Waals surface area contributed by atoms with E-state index in [9.17, 15) is 13.2 Å². The number of nitrogens with one attached hydrogen (secondary N) is 1. The number of halogens is 3. The Labute approximate surface area is 101 Å². The van der Waals surface area contributed by atoms with E-state index in [1.165, 1.54) is 12.8 Å². The van der Waals surface area contributed by atoms with Gasteiger partial charge < -0.3 is 10.1 Å². The minimum atomic E-state index is -4.23. The van der Waals surface area contributed by atoms with Crippen LogP contribution in [0.3, 0.4) is 0 Å². The molecule has 0 aromatic rings. The molecule has 0 amide bonds. The quantitative estimate of drug-likeness (QED) is 0.717. The molecule has 1 rings (SSSR count). The second-order valence-electron chi connectivity index (χ2n) is 4.97. The van der Waals surface area contributed by atoms with Gasteiger partial charge in [-0.1, -0.05) is 13.8 Å². The zero-order valence-electron chi connectivity index (χ0n) is 10.6. The molecule has 2 nitrogen and oxygen atoms in total. The third-order valence-corrected chi connectivity index (χ3v) is 3.52. The van der Waals surface area contributed by atoms with Crippen LogP contribution in [0, 0.1) is 5.41 Å². The molecule has 102 valence electrons. The lowest BCUT2D eigenvalue weighted by molar-refractivity contribution is -0.181. The molecule has 5 heteroatoms. The van der Waals surface area contributed by atoms with Gasteiger partial charge in [0.05, 0.1) is 6.61 Å². The van der Waals surface area contributed by atoms with Crippen LogP contribution in [-0.4, -0.2) is 32.0 Å². The number of ether oxygens (including phenoxy) is 1.